The molecular weight excluding hydrogens is 473 g/mol. The lowest BCUT2D eigenvalue weighted by atomic mass is 10.1. The fourth-order valence-corrected chi connectivity index (χ4v) is 3.99. The Morgan fingerprint density at radius 1 is 1.11 bits per heavy atom. The van der Waals surface area contributed by atoms with Crippen molar-refractivity contribution in [2.45, 2.75) is 38.7 Å². The van der Waals surface area contributed by atoms with Gasteiger partial charge >= 0.3 is 6.18 Å². The molecule has 9 heteroatoms. The highest BCUT2D eigenvalue weighted by atomic mass is 19.4. The van der Waals surface area contributed by atoms with Gasteiger partial charge in [-0.3, -0.25) is 9.59 Å². The number of carbonyl (C=O) groups excluding carboxylic acids is 2. The number of fused-ring (bicyclic) bond motifs is 1. The highest BCUT2D eigenvalue weighted by molar-refractivity contribution is 6.04. The minimum Gasteiger partial charge on any atom is -0.497 e. The Morgan fingerprint density at radius 3 is 2.53 bits per heavy atom. The van der Waals surface area contributed by atoms with E-state index in [2.05, 4.69) is 5.32 Å². The van der Waals surface area contributed by atoms with E-state index < -0.39 is 17.8 Å². The maximum Gasteiger partial charge on any atom is 0.416 e. The van der Waals surface area contributed by atoms with Crippen molar-refractivity contribution >= 4 is 17.5 Å². The largest absolute Gasteiger partial charge is 0.497 e. The Morgan fingerprint density at radius 2 is 1.86 bits per heavy atom. The molecule has 6 nitrogen and oxygen atoms in total. The molecule has 2 amide bonds. The molecule has 0 aliphatic carbocycles. The minimum absolute atomic E-state index is 0.00944. The molecule has 0 saturated heterocycles. The molecule has 188 valence electrons. The van der Waals surface area contributed by atoms with Gasteiger partial charge in [0.05, 0.1) is 12.7 Å². The van der Waals surface area contributed by atoms with Crippen molar-refractivity contribution in [1.29, 1.82) is 0 Å². The van der Waals surface area contributed by atoms with Crippen LogP contribution in [-0.4, -0.2) is 29.9 Å². The van der Waals surface area contributed by atoms with E-state index in [1.54, 1.807) is 55.5 Å². The predicted octanol–water partition coefficient (Wildman–Crippen LogP) is 5.67. The van der Waals surface area contributed by atoms with Crippen LogP contribution >= 0.6 is 0 Å². The summed E-state index contributed by atoms with van der Waals surface area (Å²) < 4.78 is 50.6. The molecule has 1 aliphatic heterocycles. The summed E-state index contributed by atoms with van der Waals surface area (Å²) >= 11 is 0. The topological polar surface area (TPSA) is 67.9 Å². The Labute approximate surface area is 206 Å². The lowest BCUT2D eigenvalue weighted by Gasteiger charge is -2.23. The number of nitrogens with zero attached hydrogens (tertiary/aromatic N) is 1. The van der Waals surface area contributed by atoms with Crippen molar-refractivity contribution in [2.24, 2.45) is 0 Å². The first-order valence-electron chi connectivity index (χ1n) is 11.4. The molecule has 3 aromatic carbocycles. The van der Waals surface area contributed by atoms with Crippen molar-refractivity contribution < 1.29 is 32.2 Å². The second-order valence-corrected chi connectivity index (χ2v) is 8.41. The van der Waals surface area contributed by atoms with Crippen molar-refractivity contribution in [3.63, 3.8) is 0 Å². The zero-order chi connectivity index (χ0) is 25.9. The third kappa shape index (κ3) is 5.62. The van der Waals surface area contributed by atoms with E-state index in [0.717, 1.165) is 12.1 Å². The molecule has 0 aromatic heterocycles. The summed E-state index contributed by atoms with van der Waals surface area (Å²) in [5.74, 6) is 0.485. The van der Waals surface area contributed by atoms with E-state index in [1.807, 2.05) is 0 Å². The summed E-state index contributed by atoms with van der Waals surface area (Å²) in [4.78, 5) is 27.3. The number of rotatable bonds is 6. The fourth-order valence-electron chi connectivity index (χ4n) is 3.99. The summed E-state index contributed by atoms with van der Waals surface area (Å²) in [7, 11) is 1.54. The number of halogens is 3. The Hall–Kier alpha value is -4.01. The molecule has 4 rings (SSSR count). The van der Waals surface area contributed by atoms with Gasteiger partial charge in [-0.25, -0.2) is 0 Å². The molecule has 1 atom stereocenters. The number of ether oxygens (including phenoxy) is 2. The molecular formula is C27H25F3N2O4. The minimum atomic E-state index is -4.47. The second-order valence-electron chi connectivity index (χ2n) is 8.41. The SMILES string of the molecule is CC[C@H]1Oc2ccc(NC(=O)c3ccc(OC)cc3)cc2CN(Cc2cccc(C(F)(F)F)c2)C1=O. The van der Waals surface area contributed by atoms with Gasteiger partial charge in [-0.15, -0.1) is 0 Å². The standard InChI is InChI=1S/C27H25F3N2O4/c1-3-23-26(34)32(15-17-5-4-6-20(13-17)27(28,29)30)16-19-14-21(9-12-24(19)36-23)31-25(33)18-7-10-22(35-2)11-8-18/h4-14,23H,3,15-16H2,1-2H3,(H,31,33)/t23-/m1/s1. The first kappa shape index (κ1) is 25.1. The molecule has 0 bridgehead atoms. The molecule has 0 saturated carbocycles. The van der Waals surface area contributed by atoms with Crippen LogP contribution in [0, 0.1) is 0 Å². The highest BCUT2D eigenvalue weighted by Crippen LogP contribution is 2.32. The summed E-state index contributed by atoms with van der Waals surface area (Å²) in [6.45, 7) is 1.91. The number of hydrogen-bond acceptors (Lipinski definition) is 4. The first-order valence-corrected chi connectivity index (χ1v) is 11.4. The maximum atomic E-state index is 13.2. The fraction of sp³-hybridized carbons (Fsp3) is 0.259. The van der Waals surface area contributed by atoms with Crippen LogP contribution in [0.2, 0.25) is 0 Å². The monoisotopic (exact) mass is 498 g/mol. The third-order valence-corrected chi connectivity index (χ3v) is 5.89. The number of methoxy groups -OCH3 is 1. The van der Waals surface area contributed by atoms with E-state index in [-0.39, 0.29) is 24.9 Å². The Balaban J connectivity index is 1.57. The number of amides is 2. The normalized spacial score (nSPS) is 15.5. The zero-order valence-electron chi connectivity index (χ0n) is 19.8. The molecule has 1 heterocycles. The number of anilines is 1. The van der Waals surface area contributed by atoms with Gasteiger partial charge in [-0.2, -0.15) is 13.2 Å². The van der Waals surface area contributed by atoms with E-state index in [1.165, 1.54) is 18.1 Å². The summed E-state index contributed by atoms with van der Waals surface area (Å²) in [5.41, 5.74) is 1.17. The van der Waals surface area contributed by atoms with Crippen molar-refractivity contribution in [3.05, 3.63) is 89.0 Å². The maximum absolute atomic E-state index is 13.2. The average Bonchev–Trinajstić information content (AvgIpc) is 2.99. The van der Waals surface area contributed by atoms with Gasteiger partial charge in [-0.05, 0) is 66.6 Å². The van der Waals surface area contributed by atoms with E-state index in [0.29, 0.717) is 40.3 Å². The van der Waals surface area contributed by atoms with Gasteiger partial charge in [0, 0.05) is 29.9 Å². The molecule has 0 spiro atoms. The molecule has 0 radical (unpaired) electrons. The van der Waals surface area contributed by atoms with Crippen LogP contribution in [0.25, 0.3) is 0 Å². The van der Waals surface area contributed by atoms with Gasteiger partial charge in [0.25, 0.3) is 11.8 Å². The summed E-state index contributed by atoms with van der Waals surface area (Å²) in [5, 5.41) is 2.83. The molecule has 1 aliphatic rings. The van der Waals surface area contributed by atoms with Crippen LogP contribution < -0.4 is 14.8 Å². The van der Waals surface area contributed by atoms with Gasteiger partial charge in [0.2, 0.25) is 0 Å². The number of carbonyl (C=O) groups is 2. The van der Waals surface area contributed by atoms with Crippen LogP contribution in [0.5, 0.6) is 11.5 Å². The van der Waals surface area contributed by atoms with Crippen LogP contribution in [-0.2, 0) is 24.1 Å². The molecule has 3 aromatic rings. The summed E-state index contributed by atoms with van der Waals surface area (Å²) in [6.07, 6.45) is -4.85. The smallest absolute Gasteiger partial charge is 0.416 e. The van der Waals surface area contributed by atoms with Crippen LogP contribution in [0.15, 0.2) is 66.7 Å². The molecule has 1 N–H and O–H groups in total. The van der Waals surface area contributed by atoms with E-state index in [4.69, 9.17) is 9.47 Å². The number of alkyl halides is 3. The van der Waals surface area contributed by atoms with Crippen molar-refractivity contribution in [1.82, 2.24) is 4.90 Å². The number of benzene rings is 3. The van der Waals surface area contributed by atoms with Gasteiger partial charge < -0.3 is 19.7 Å². The molecule has 36 heavy (non-hydrogen) atoms. The van der Waals surface area contributed by atoms with Crippen LogP contribution in [0.3, 0.4) is 0 Å². The van der Waals surface area contributed by atoms with Crippen molar-refractivity contribution in [3.8, 4) is 11.5 Å². The molecule has 0 unspecified atom stereocenters. The van der Waals surface area contributed by atoms with Gasteiger partial charge in [0.1, 0.15) is 11.5 Å². The summed E-state index contributed by atoms with van der Waals surface area (Å²) in [6, 6.07) is 16.7. The average molecular weight is 499 g/mol. The van der Waals surface area contributed by atoms with E-state index >= 15 is 0 Å². The third-order valence-electron chi connectivity index (χ3n) is 5.89. The Kier molecular flexibility index (Phi) is 7.19. The van der Waals surface area contributed by atoms with E-state index in [9.17, 15) is 22.8 Å². The van der Waals surface area contributed by atoms with Crippen LogP contribution in [0.1, 0.15) is 40.4 Å². The highest BCUT2D eigenvalue weighted by Gasteiger charge is 2.32. The lowest BCUT2D eigenvalue weighted by molar-refractivity contribution is -0.139. The van der Waals surface area contributed by atoms with Crippen molar-refractivity contribution in [2.75, 3.05) is 12.4 Å². The Bertz CT molecular complexity index is 1260. The van der Waals surface area contributed by atoms with Crippen LogP contribution in [0.4, 0.5) is 18.9 Å². The lowest BCUT2D eigenvalue weighted by Crippen LogP contribution is -2.38. The molecule has 0 fully saturated rings. The predicted molar refractivity (Wildman–Crippen MR) is 128 cm³/mol. The number of nitrogens with one attached hydrogen (secondary N) is 1. The zero-order valence-corrected chi connectivity index (χ0v) is 19.8. The first-order chi connectivity index (χ1) is 17.2. The second kappa shape index (κ2) is 10.3. The van der Waals surface area contributed by atoms with Gasteiger partial charge in [-0.1, -0.05) is 19.1 Å². The van der Waals surface area contributed by atoms with Gasteiger partial charge in [0.15, 0.2) is 6.10 Å². The number of hydrogen-bond donors (Lipinski definition) is 1. The quantitative estimate of drug-likeness (QED) is 0.476.